The summed E-state index contributed by atoms with van der Waals surface area (Å²) in [6.45, 7) is 10.7. The topological polar surface area (TPSA) is 39.2 Å². The van der Waals surface area contributed by atoms with Crippen molar-refractivity contribution in [3.63, 3.8) is 0 Å². The molecule has 0 atom stereocenters. The highest BCUT2D eigenvalue weighted by Gasteiger charge is 2.21. The van der Waals surface area contributed by atoms with Crippen molar-refractivity contribution in [2.24, 2.45) is 0 Å². The second-order valence-electron chi connectivity index (χ2n) is 5.14. The average Bonchev–Trinajstić information content (AvgIpc) is 2.34. The largest absolute Gasteiger partial charge is 0.462 e. The molecule has 0 fully saturated rings. The zero-order valence-electron chi connectivity index (χ0n) is 12.0. The van der Waals surface area contributed by atoms with Crippen LogP contribution >= 0.6 is 0 Å². The van der Waals surface area contributed by atoms with Crippen LogP contribution in [0.25, 0.3) is 0 Å². The van der Waals surface area contributed by atoms with Gasteiger partial charge >= 0.3 is 5.97 Å². The SMILES string of the molecule is CCCOC(=O)c1c(C(C)C)cncc1C(C)C. The van der Waals surface area contributed by atoms with Gasteiger partial charge in [-0.15, -0.1) is 0 Å². The summed E-state index contributed by atoms with van der Waals surface area (Å²) >= 11 is 0. The molecule has 18 heavy (non-hydrogen) atoms. The molecular formula is C15H23NO2. The molecule has 0 saturated heterocycles. The van der Waals surface area contributed by atoms with Gasteiger partial charge in [-0.1, -0.05) is 34.6 Å². The number of aromatic nitrogens is 1. The maximum absolute atomic E-state index is 12.2. The van der Waals surface area contributed by atoms with E-state index in [0.717, 1.165) is 17.5 Å². The molecule has 0 aliphatic carbocycles. The minimum Gasteiger partial charge on any atom is -0.462 e. The van der Waals surface area contributed by atoms with Crippen molar-refractivity contribution in [3.8, 4) is 0 Å². The Kier molecular flexibility index (Phi) is 5.32. The van der Waals surface area contributed by atoms with Gasteiger partial charge in [-0.2, -0.15) is 0 Å². The first-order chi connectivity index (χ1) is 8.49. The van der Waals surface area contributed by atoms with Crippen molar-refractivity contribution in [2.75, 3.05) is 6.61 Å². The Morgan fingerprint density at radius 1 is 1.17 bits per heavy atom. The minimum atomic E-state index is -0.216. The summed E-state index contributed by atoms with van der Waals surface area (Å²) < 4.78 is 5.29. The third kappa shape index (κ3) is 3.31. The summed E-state index contributed by atoms with van der Waals surface area (Å²) in [4.78, 5) is 16.4. The Hall–Kier alpha value is -1.38. The quantitative estimate of drug-likeness (QED) is 0.743. The zero-order valence-corrected chi connectivity index (χ0v) is 12.0. The van der Waals surface area contributed by atoms with Crippen LogP contribution in [0.15, 0.2) is 12.4 Å². The molecule has 0 N–H and O–H groups in total. The van der Waals surface area contributed by atoms with Crippen molar-refractivity contribution in [1.82, 2.24) is 4.98 Å². The minimum absolute atomic E-state index is 0.216. The lowest BCUT2D eigenvalue weighted by Gasteiger charge is -2.17. The number of hydrogen-bond acceptors (Lipinski definition) is 3. The number of pyridine rings is 1. The number of hydrogen-bond donors (Lipinski definition) is 0. The van der Waals surface area contributed by atoms with Crippen LogP contribution in [-0.2, 0) is 4.74 Å². The van der Waals surface area contributed by atoms with Crippen LogP contribution in [0.5, 0.6) is 0 Å². The van der Waals surface area contributed by atoms with Crippen LogP contribution in [-0.4, -0.2) is 17.6 Å². The zero-order chi connectivity index (χ0) is 13.7. The lowest BCUT2D eigenvalue weighted by atomic mass is 9.91. The number of carbonyl (C=O) groups is 1. The van der Waals surface area contributed by atoms with E-state index in [1.54, 1.807) is 12.4 Å². The number of carbonyl (C=O) groups excluding carboxylic acids is 1. The molecule has 1 aromatic rings. The summed E-state index contributed by atoms with van der Waals surface area (Å²) in [6.07, 6.45) is 4.39. The number of nitrogens with zero attached hydrogens (tertiary/aromatic N) is 1. The molecule has 0 amide bonds. The molecule has 0 saturated carbocycles. The highest BCUT2D eigenvalue weighted by atomic mass is 16.5. The van der Waals surface area contributed by atoms with Gasteiger partial charge in [0.15, 0.2) is 0 Å². The summed E-state index contributed by atoms with van der Waals surface area (Å²) in [7, 11) is 0. The molecule has 1 aromatic heterocycles. The van der Waals surface area contributed by atoms with Crippen molar-refractivity contribution in [3.05, 3.63) is 29.1 Å². The van der Waals surface area contributed by atoms with E-state index in [-0.39, 0.29) is 17.8 Å². The third-order valence-electron chi connectivity index (χ3n) is 2.89. The van der Waals surface area contributed by atoms with Gasteiger partial charge in [0.1, 0.15) is 0 Å². The number of esters is 1. The Labute approximate surface area is 110 Å². The average molecular weight is 249 g/mol. The molecule has 0 aromatic carbocycles. The van der Waals surface area contributed by atoms with E-state index in [4.69, 9.17) is 4.74 Å². The maximum atomic E-state index is 12.2. The van der Waals surface area contributed by atoms with Crippen molar-refractivity contribution in [2.45, 2.75) is 52.9 Å². The highest BCUT2D eigenvalue weighted by molar-refractivity contribution is 5.93. The first-order valence-electron chi connectivity index (χ1n) is 6.63. The van der Waals surface area contributed by atoms with Crippen molar-refractivity contribution in [1.29, 1.82) is 0 Å². The van der Waals surface area contributed by atoms with Gasteiger partial charge in [0.2, 0.25) is 0 Å². The third-order valence-corrected chi connectivity index (χ3v) is 2.89. The predicted molar refractivity (Wildman–Crippen MR) is 73.0 cm³/mol. The van der Waals surface area contributed by atoms with Gasteiger partial charge in [-0.3, -0.25) is 4.98 Å². The Morgan fingerprint density at radius 2 is 1.67 bits per heavy atom. The Bertz CT molecular complexity index is 385. The Morgan fingerprint density at radius 3 is 2.06 bits per heavy atom. The van der Waals surface area contributed by atoms with E-state index in [2.05, 4.69) is 32.7 Å². The molecule has 0 aliphatic rings. The van der Waals surface area contributed by atoms with E-state index in [1.165, 1.54) is 0 Å². The van der Waals surface area contributed by atoms with Crippen LogP contribution in [0.3, 0.4) is 0 Å². The van der Waals surface area contributed by atoms with Crippen LogP contribution < -0.4 is 0 Å². The van der Waals surface area contributed by atoms with E-state index < -0.39 is 0 Å². The van der Waals surface area contributed by atoms with Crippen LogP contribution in [0.1, 0.15) is 74.4 Å². The number of ether oxygens (including phenoxy) is 1. The fraction of sp³-hybridized carbons (Fsp3) is 0.600. The van der Waals surface area contributed by atoms with E-state index >= 15 is 0 Å². The molecule has 3 heteroatoms. The molecular weight excluding hydrogens is 226 g/mol. The molecule has 1 heterocycles. The maximum Gasteiger partial charge on any atom is 0.338 e. The summed E-state index contributed by atoms with van der Waals surface area (Å²) in [5.41, 5.74) is 2.66. The predicted octanol–water partition coefficient (Wildman–Crippen LogP) is 3.90. The molecule has 3 nitrogen and oxygen atoms in total. The van der Waals surface area contributed by atoms with Gasteiger partial charge < -0.3 is 4.74 Å². The van der Waals surface area contributed by atoms with Gasteiger partial charge in [0.25, 0.3) is 0 Å². The summed E-state index contributed by atoms with van der Waals surface area (Å²) in [6, 6.07) is 0. The fourth-order valence-electron chi connectivity index (χ4n) is 1.87. The van der Waals surface area contributed by atoms with Gasteiger partial charge in [0, 0.05) is 12.4 Å². The first-order valence-corrected chi connectivity index (χ1v) is 6.63. The molecule has 100 valence electrons. The first kappa shape index (κ1) is 14.7. The van der Waals surface area contributed by atoms with Crippen LogP contribution in [0.4, 0.5) is 0 Å². The van der Waals surface area contributed by atoms with E-state index in [9.17, 15) is 4.79 Å². The molecule has 0 radical (unpaired) electrons. The smallest absolute Gasteiger partial charge is 0.338 e. The van der Waals surface area contributed by atoms with Gasteiger partial charge in [0.05, 0.1) is 12.2 Å². The molecule has 0 spiro atoms. The highest BCUT2D eigenvalue weighted by Crippen LogP contribution is 2.27. The lowest BCUT2D eigenvalue weighted by molar-refractivity contribution is 0.0501. The Balaban J connectivity index is 3.22. The summed E-state index contributed by atoms with van der Waals surface area (Å²) in [5, 5.41) is 0. The van der Waals surface area contributed by atoms with Gasteiger partial charge in [-0.05, 0) is 29.4 Å². The summed E-state index contributed by atoms with van der Waals surface area (Å²) in [5.74, 6) is 0.312. The fourth-order valence-corrected chi connectivity index (χ4v) is 1.87. The molecule has 1 rings (SSSR count). The van der Waals surface area contributed by atoms with Crippen LogP contribution in [0, 0.1) is 0 Å². The van der Waals surface area contributed by atoms with Crippen molar-refractivity contribution >= 4 is 5.97 Å². The molecule has 0 bridgehead atoms. The second-order valence-corrected chi connectivity index (χ2v) is 5.14. The standard InChI is InChI=1S/C15H23NO2/c1-6-7-18-15(17)14-12(10(2)3)8-16-9-13(14)11(4)5/h8-11H,6-7H2,1-5H3. The van der Waals surface area contributed by atoms with Crippen molar-refractivity contribution < 1.29 is 9.53 Å². The number of rotatable bonds is 5. The van der Waals surface area contributed by atoms with E-state index in [1.807, 2.05) is 6.92 Å². The van der Waals surface area contributed by atoms with E-state index in [0.29, 0.717) is 12.2 Å². The molecule has 0 aliphatic heterocycles. The lowest BCUT2D eigenvalue weighted by Crippen LogP contribution is -2.14. The second kappa shape index (κ2) is 6.53. The molecule has 0 unspecified atom stereocenters. The monoisotopic (exact) mass is 249 g/mol. The normalized spacial score (nSPS) is 11.1. The van der Waals surface area contributed by atoms with Gasteiger partial charge in [-0.25, -0.2) is 4.79 Å². The van der Waals surface area contributed by atoms with Crippen LogP contribution in [0.2, 0.25) is 0 Å².